The lowest BCUT2D eigenvalue weighted by Gasteiger charge is -2.21. The van der Waals surface area contributed by atoms with Crippen LogP contribution in [-0.2, 0) is 19.1 Å². The molecule has 0 saturated heterocycles. The molecule has 4 heteroatoms. The summed E-state index contributed by atoms with van der Waals surface area (Å²) in [6, 6.07) is 0. The number of ether oxygens (including phenoxy) is 2. The van der Waals surface area contributed by atoms with Gasteiger partial charge >= 0.3 is 11.9 Å². The van der Waals surface area contributed by atoms with Gasteiger partial charge in [0.15, 0.2) is 5.41 Å². The Balaban J connectivity index is 4.75. The number of hydrogen-bond donors (Lipinski definition) is 0. The van der Waals surface area contributed by atoms with Crippen molar-refractivity contribution in [3.63, 3.8) is 0 Å². The van der Waals surface area contributed by atoms with Crippen LogP contribution in [0, 0.1) is 5.41 Å². The van der Waals surface area contributed by atoms with Crippen LogP contribution in [0.1, 0.15) is 53.4 Å². The van der Waals surface area contributed by atoms with Crippen molar-refractivity contribution in [3.05, 3.63) is 12.2 Å². The van der Waals surface area contributed by atoms with Crippen molar-refractivity contribution in [2.75, 3.05) is 13.2 Å². The summed E-state index contributed by atoms with van der Waals surface area (Å²) in [5.41, 5.74) is -1.34. The van der Waals surface area contributed by atoms with Crippen LogP contribution in [0.2, 0.25) is 0 Å². The maximum atomic E-state index is 11.9. The third-order valence-electron chi connectivity index (χ3n) is 2.82. The van der Waals surface area contributed by atoms with Gasteiger partial charge < -0.3 is 9.47 Å². The first-order valence-corrected chi connectivity index (χ1v) is 7.05. The summed E-state index contributed by atoms with van der Waals surface area (Å²) in [6.07, 6.45) is 7.65. The molecule has 0 aromatic heterocycles. The molecule has 0 aliphatic heterocycles. The molecule has 110 valence electrons. The maximum absolute atomic E-state index is 11.9. The van der Waals surface area contributed by atoms with E-state index in [4.69, 9.17) is 9.47 Å². The fraction of sp³-hybridized carbons (Fsp3) is 0.733. The summed E-state index contributed by atoms with van der Waals surface area (Å²) in [4.78, 5) is 23.9. The summed E-state index contributed by atoms with van der Waals surface area (Å²) in [5.74, 6) is -1.11. The Kier molecular flexibility index (Phi) is 8.92. The normalized spacial score (nSPS) is 11.6. The molecule has 0 atom stereocenters. The van der Waals surface area contributed by atoms with E-state index < -0.39 is 17.4 Å². The first-order chi connectivity index (χ1) is 9.02. The van der Waals surface area contributed by atoms with Crippen LogP contribution in [0.25, 0.3) is 0 Å². The molecular formula is C15H26O4. The predicted octanol–water partition coefficient (Wildman–Crippen LogP) is 3.26. The molecule has 0 spiro atoms. The van der Waals surface area contributed by atoms with E-state index in [2.05, 4.69) is 6.92 Å². The lowest BCUT2D eigenvalue weighted by Crippen LogP contribution is -2.37. The van der Waals surface area contributed by atoms with E-state index in [1.807, 2.05) is 6.08 Å². The molecule has 0 heterocycles. The summed E-state index contributed by atoms with van der Waals surface area (Å²) in [6.45, 7) is 7.60. The number of carbonyl (C=O) groups excluding carboxylic acids is 2. The van der Waals surface area contributed by atoms with Gasteiger partial charge in [-0.1, -0.05) is 31.9 Å². The molecule has 0 fully saturated rings. The fourth-order valence-electron chi connectivity index (χ4n) is 1.61. The molecule has 0 aliphatic rings. The molecule has 0 unspecified atom stereocenters. The van der Waals surface area contributed by atoms with Crippen molar-refractivity contribution in [1.29, 1.82) is 0 Å². The minimum absolute atomic E-state index is 0.248. The van der Waals surface area contributed by atoms with Crippen LogP contribution in [0.3, 0.4) is 0 Å². The highest BCUT2D eigenvalue weighted by atomic mass is 16.6. The van der Waals surface area contributed by atoms with Crippen LogP contribution in [0.15, 0.2) is 12.2 Å². The van der Waals surface area contributed by atoms with Crippen molar-refractivity contribution in [1.82, 2.24) is 0 Å². The van der Waals surface area contributed by atoms with E-state index in [1.165, 1.54) is 0 Å². The molecule has 4 nitrogen and oxygen atoms in total. The highest BCUT2D eigenvalue weighted by Crippen LogP contribution is 2.23. The topological polar surface area (TPSA) is 52.6 Å². The van der Waals surface area contributed by atoms with Crippen LogP contribution < -0.4 is 0 Å². The van der Waals surface area contributed by atoms with Crippen LogP contribution in [0.4, 0.5) is 0 Å². The van der Waals surface area contributed by atoms with Gasteiger partial charge in [0.05, 0.1) is 13.2 Å². The van der Waals surface area contributed by atoms with Gasteiger partial charge in [0.2, 0.25) is 0 Å². The number of hydrogen-bond acceptors (Lipinski definition) is 4. The van der Waals surface area contributed by atoms with Crippen molar-refractivity contribution in [3.8, 4) is 0 Å². The maximum Gasteiger partial charge on any atom is 0.327 e. The fourth-order valence-corrected chi connectivity index (χ4v) is 1.61. The average molecular weight is 270 g/mol. The van der Waals surface area contributed by atoms with Gasteiger partial charge in [-0.05, 0) is 33.6 Å². The molecule has 0 aromatic rings. The number of allylic oxidation sites excluding steroid dienone is 1. The molecule has 0 aliphatic carbocycles. The first kappa shape index (κ1) is 17.7. The van der Waals surface area contributed by atoms with Gasteiger partial charge in [-0.3, -0.25) is 9.59 Å². The van der Waals surface area contributed by atoms with Crippen molar-refractivity contribution < 1.29 is 19.1 Å². The number of unbranched alkanes of at least 4 members (excludes halogenated alkanes) is 3. The number of carbonyl (C=O) groups is 2. The Morgan fingerprint density at radius 3 is 1.95 bits per heavy atom. The highest BCUT2D eigenvalue weighted by Gasteiger charge is 2.41. The van der Waals surface area contributed by atoms with E-state index in [1.54, 1.807) is 26.8 Å². The third kappa shape index (κ3) is 5.90. The Morgan fingerprint density at radius 1 is 1.00 bits per heavy atom. The van der Waals surface area contributed by atoms with Gasteiger partial charge in [0.1, 0.15) is 0 Å². The second-order valence-electron chi connectivity index (χ2n) is 4.54. The van der Waals surface area contributed by atoms with E-state index in [9.17, 15) is 9.59 Å². The first-order valence-electron chi connectivity index (χ1n) is 7.05. The Morgan fingerprint density at radius 2 is 1.53 bits per heavy atom. The molecule has 0 amide bonds. The van der Waals surface area contributed by atoms with Crippen LogP contribution >= 0.6 is 0 Å². The van der Waals surface area contributed by atoms with E-state index in [0.717, 1.165) is 25.7 Å². The smallest absolute Gasteiger partial charge is 0.327 e. The largest absolute Gasteiger partial charge is 0.465 e. The molecule has 0 rings (SSSR count). The minimum Gasteiger partial charge on any atom is -0.465 e. The molecular weight excluding hydrogens is 244 g/mol. The van der Waals surface area contributed by atoms with Crippen molar-refractivity contribution in [2.45, 2.75) is 53.4 Å². The molecule has 0 radical (unpaired) electrons. The predicted molar refractivity (Wildman–Crippen MR) is 74.7 cm³/mol. The zero-order valence-corrected chi connectivity index (χ0v) is 12.5. The Labute approximate surface area is 116 Å². The standard InChI is InChI=1S/C15H26O4/c1-5-8-9-10-11-12-15(4,13(16)18-6-2)14(17)19-7-3/h11-12H,5-10H2,1-4H3/b12-11+. The van der Waals surface area contributed by atoms with E-state index in [-0.39, 0.29) is 13.2 Å². The van der Waals surface area contributed by atoms with Crippen LogP contribution in [-0.4, -0.2) is 25.2 Å². The van der Waals surface area contributed by atoms with Gasteiger partial charge in [0, 0.05) is 0 Å². The number of esters is 2. The second-order valence-corrected chi connectivity index (χ2v) is 4.54. The summed E-state index contributed by atoms with van der Waals surface area (Å²) in [5, 5.41) is 0. The zero-order chi connectivity index (χ0) is 14.7. The molecule has 0 N–H and O–H groups in total. The SMILES string of the molecule is CCCCC/C=C/C(C)(C(=O)OCC)C(=O)OCC. The average Bonchev–Trinajstić information content (AvgIpc) is 2.38. The Bertz CT molecular complexity index is 289. The quantitative estimate of drug-likeness (QED) is 0.279. The lowest BCUT2D eigenvalue weighted by molar-refractivity contribution is -0.166. The van der Waals surface area contributed by atoms with Gasteiger partial charge in [0.25, 0.3) is 0 Å². The molecule has 0 bridgehead atoms. The highest BCUT2D eigenvalue weighted by molar-refractivity contribution is 6.01. The monoisotopic (exact) mass is 270 g/mol. The third-order valence-corrected chi connectivity index (χ3v) is 2.82. The van der Waals surface area contributed by atoms with Crippen molar-refractivity contribution in [2.24, 2.45) is 5.41 Å². The van der Waals surface area contributed by atoms with E-state index >= 15 is 0 Å². The molecule has 19 heavy (non-hydrogen) atoms. The lowest BCUT2D eigenvalue weighted by atomic mass is 9.89. The van der Waals surface area contributed by atoms with E-state index in [0.29, 0.717) is 0 Å². The summed E-state index contributed by atoms with van der Waals surface area (Å²) >= 11 is 0. The molecule has 0 saturated carbocycles. The number of rotatable bonds is 9. The second kappa shape index (κ2) is 9.59. The van der Waals surface area contributed by atoms with Crippen LogP contribution in [0.5, 0.6) is 0 Å². The molecule has 0 aromatic carbocycles. The Hall–Kier alpha value is -1.32. The minimum atomic E-state index is -1.34. The zero-order valence-electron chi connectivity index (χ0n) is 12.5. The summed E-state index contributed by atoms with van der Waals surface area (Å²) in [7, 11) is 0. The summed E-state index contributed by atoms with van der Waals surface area (Å²) < 4.78 is 9.92. The van der Waals surface area contributed by atoms with Gasteiger partial charge in [-0.25, -0.2) is 0 Å². The van der Waals surface area contributed by atoms with Gasteiger partial charge in [-0.15, -0.1) is 0 Å². The van der Waals surface area contributed by atoms with Crippen molar-refractivity contribution >= 4 is 11.9 Å². The van der Waals surface area contributed by atoms with Gasteiger partial charge in [-0.2, -0.15) is 0 Å².